The van der Waals surface area contributed by atoms with Crippen LogP contribution in [0.15, 0.2) is 30.6 Å². The van der Waals surface area contributed by atoms with Crippen LogP contribution in [0.5, 0.6) is 0 Å². The summed E-state index contributed by atoms with van der Waals surface area (Å²) < 4.78 is 1.94. The van der Waals surface area contributed by atoms with E-state index in [-0.39, 0.29) is 11.4 Å². The number of halogens is 1. The molecule has 0 aliphatic rings. The summed E-state index contributed by atoms with van der Waals surface area (Å²) in [7, 11) is 0. The summed E-state index contributed by atoms with van der Waals surface area (Å²) in [6.07, 6.45) is 1.66. The van der Waals surface area contributed by atoms with Crippen LogP contribution in [0, 0.1) is 5.41 Å². The molecule has 0 aliphatic heterocycles. The van der Waals surface area contributed by atoms with Gasteiger partial charge in [-0.3, -0.25) is 5.41 Å². The van der Waals surface area contributed by atoms with Crippen LogP contribution >= 0.6 is 11.6 Å². The maximum Gasteiger partial charge on any atom is 0.173 e. The third kappa shape index (κ3) is 2.69. The third-order valence-electron chi connectivity index (χ3n) is 3.35. The first-order chi connectivity index (χ1) is 10.0. The SMILES string of the molecule is CC(C)c1nc2c([nH]1)c(=N)ncn2Cc1ccc(Cl)cc1. The topological polar surface area (TPSA) is 70.3 Å². The highest BCUT2D eigenvalue weighted by atomic mass is 35.5. The molecule has 0 saturated carbocycles. The van der Waals surface area contributed by atoms with Gasteiger partial charge in [0, 0.05) is 10.9 Å². The number of aromatic nitrogens is 4. The number of hydrogen-bond acceptors (Lipinski definition) is 3. The van der Waals surface area contributed by atoms with E-state index in [0.717, 1.165) is 22.1 Å². The van der Waals surface area contributed by atoms with Gasteiger partial charge in [0.15, 0.2) is 11.1 Å². The Balaban J connectivity index is 2.08. The van der Waals surface area contributed by atoms with E-state index in [0.29, 0.717) is 12.1 Å². The number of benzene rings is 1. The highest BCUT2D eigenvalue weighted by Gasteiger charge is 2.11. The summed E-state index contributed by atoms with van der Waals surface area (Å²) in [5.74, 6) is 1.15. The van der Waals surface area contributed by atoms with Gasteiger partial charge >= 0.3 is 0 Å². The summed E-state index contributed by atoms with van der Waals surface area (Å²) in [5, 5.41) is 8.63. The van der Waals surface area contributed by atoms with E-state index in [1.807, 2.05) is 28.8 Å². The number of aromatic amines is 1. The van der Waals surface area contributed by atoms with Crippen LogP contribution < -0.4 is 5.49 Å². The largest absolute Gasteiger partial charge is 0.337 e. The minimum absolute atomic E-state index is 0.219. The molecule has 6 heteroatoms. The Morgan fingerprint density at radius 3 is 2.67 bits per heavy atom. The van der Waals surface area contributed by atoms with E-state index in [9.17, 15) is 0 Å². The molecule has 0 fully saturated rings. The highest BCUT2D eigenvalue weighted by Crippen LogP contribution is 2.16. The summed E-state index contributed by atoms with van der Waals surface area (Å²) >= 11 is 5.91. The fraction of sp³-hybridized carbons (Fsp3) is 0.267. The molecule has 0 amide bonds. The summed E-state index contributed by atoms with van der Waals surface area (Å²) in [6, 6.07) is 7.69. The average Bonchev–Trinajstić information content (AvgIpc) is 2.91. The molecule has 0 saturated heterocycles. The van der Waals surface area contributed by atoms with Gasteiger partial charge in [0.1, 0.15) is 11.3 Å². The maximum atomic E-state index is 7.91. The monoisotopic (exact) mass is 301 g/mol. The summed E-state index contributed by atoms with van der Waals surface area (Å²) in [4.78, 5) is 11.9. The lowest BCUT2D eigenvalue weighted by molar-refractivity contribution is 0.771. The van der Waals surface area contributed by atoms with E-state index >= 15 is 0 Å². The lowest BCUT2D eigenvalue weighted by atomic mass is 10.2. The maximum absolute atomic E-state index is 7.91. The smallest absolute Gasteiger partial charge is 0.173 e. The Kier molecular flexibility index (Phi) is 3.51. The van der Waals surface area contributed by atoms with Crippen molar-refractivity contribution in [3.63, 3.8) is 0 Å². The molecule has 2 heterocycles. The van der Waals surface area contributed by atoms with E-state index in [4.69, 9.17) is 17.0 Å². The van der Waals surface area contributed by atoms with Crippen molar-refractivity contribution in [3.05, 3.63) is 52.5 Å². The predicted molar refractivity (Wildman–Crippen MR) is 82.4 cm³/mol. The zero-order valence-electron chi connectivity index (χ0n) is 11.9. The van der Waals surface area contributed by atoms with Crippen molar-refractivity contribution in [3.8, 4) is 0 Å². The van der Waals surface area contributed by atoms with Gasteiger partial charge in [-0.05, 0) is 17.7 Å². The molecular weight excluding hydrogens is 286 g/mol. The van der Waals surface area contributed by atoms with Gasteiger partial charge in [-0.25, -0.2) is 9.97 Å². The van der Waals surface area contributed by atoms with Gasteiger partial charge in [-0.15, -0.1) is 0 Å². The van der Waals surface area contributed by atoms with Gasteiger partial charge in [-0.1, -0.05) is 37.6 Å². The Hall–Kier alpha value is -2.14. The lowest BCUT2D eigenvalue weighted by Crippen LogP contribution is -2.13. The van der Waals surface area contributed by atoms with Gasteiger partial charge in [0.25, 0.3) is 0 Å². The Labute approximate surface area is 127 Å². The van der Waals surface area contributed by atoms with E-state index in [1.165, 1.54) is 0 Å². The molecule has 3 rings (SSSR count). The number of fused-ring (bicyclic) bond motifs is 1. The van der Waals surface area contributed by atoms with Crippen LogP contribution in [0.25, 0.3) is 11.2 Å². The zero-order chi connectivity index (χ0) is 15.0. The van der Waals surface area contributed by atoms with Crippen molar-refractivity contribution in [1.29, 1.82) is 5.41 Å². The van der Waals surface area contributed by atoms with Crippen LogP contribution in [0.2, 0.25) is 5.02 Å². The molecule has 2 N–H and O–H groups in total. The fourth-order valence-corrected chi connectivity index (χ4v) is 2.30. The van der Waals surface area contributed by atoms with E-state index in [1.54, 1.807) is 6.33 Å². The normalized spacial score (nSPS) is 11.4. The molecule has 0 radical (unpaired) electrons. The van der Waals surface area contributed by atoms with E-state index < -0.39 is 0 Å². The van der Waals surface area contributed by atoms with Gasteiger partial charge in [0.05, 0.1) is 12.9 Å². The van der Waals surface area contributed by atoms with Crippen molar-refractivity contribution in [2.75, 3.05) is 0 Å². The minimum Gasteiger partial charge on any atom is -0.337 e. The molecule has 1 aromatic carbocycles. The fourth-order valence-electron chi connectivity index (χ4n) is 2.18. The average molecular weight is 302 g/mol. The molecule has 0 spiro atoms. The standard InChI is InChI=1S/C15H16ClN5/c1-9(2)14-19-12-13(17)18-8-21(15(12)20-14)7-10-3-5-11(16)6-4-10/h3-6,8-9,17H,7H2,1-2H3,(H,19,20). The van der Waals surface area contributed by atoms with Crippen molar-refractivity contribution in [2.45, 2.75) is 26.3 Å². The molecule has 108 valence electrons. The molecule has 0 bridgehead atoms. The first-order valence-electron chi connectivity index (χ1n) is 6.78. The number of nitrogens with zero attached hydrogens (tertiary/aromatic N) is 3. The number of hydrogen-bond donors (Lipinski definition) is 2. The van der Waals surface area contributed by atoms with Gasteiger partial charge in [-0.2, -0.15) is 0 Å². The Morgan fingerprint density at radius 2 is 2.00 bits per heavy atom. The Bertz CT molecular complexity index is 829. The predicted octanol–water partition coefficient (Wildman–Crippen LogP) is 3.06. The summed E-state index contributed by atoms with van der Waals surface area (Å²) in [6.45, 7) is 4.78. The van der Waals surface area contributed by atoms with Crippen molar-refractivity contribution < 1.29 is 0 Å². The molecule has 2 aromatic heterocycles. The van der Waals surface area contributed by atoms with Crippen LogP contribution in [-0.2, 0) is 6.54 Å². The molecule has 0 atom stereocenters. The molecule has 5 nitrogen and oxygen atoms in total. The molecule has 0 unspecified atom stereocenters. The van der Waals surface area contributed by atoms with Crippen LogP contribution in [0.3, 0.4) is 0 Å². The third-order valence-corrected chi connectivity index (χ3v) is 3.60. The quantitative estimate of drug-likeness (QED) is 0.780. The molecule has 21 heavy (non-hydrogen) atoms. The van der Waals surface area contributed by atoms with Crippen LogP contribution in [0.1, 0.15) is 31.2 Å². The first-order valence-corrected chi connectivity index (χ1v) is 7.16. The zero-order valence-corrected chi connectivity index (χ0v) is 12.6. The number of rotatable bonds is 3. The van der Waals surface area contributed by atoms with Crippen LogP contribution in [0.4, 0.5) is 0 Å². The number of nitrogens with one attached hydrogen (secondary N) is 2. The van der Waals surface area contributed by atoms with Gasteiger partial charge < -0.3 is 9.55 Å². The molecule has 3 aromatic rings. The minimum atomic E-state index is 0.219. The highest BCUT2D eigenvalue weighted by molar-refractivity contribution is 6.30. The molecular formula is C15H16ClN5. The van der Waals surface area contributed by atoms with Crippen LogP contribution in [-0.4, -0.2) is 19.5 Å². The second kappa shape index (κ2) is 5.33. The second-order valence-electron chi connectivity index (χ2n) is 5.32. The molecule has 0 aliphatic carbocycles. The van der Waals surface area contributed by atoms with Gasteiger partial charge in [0.2, 0.25) is 0 Å². The number of imidazole rings is 1. The van der Waals surface area contributed by atoms with Crippen molar-refractivity contribution >= 4 is 22.8 Å². The Morgan fingerprint density at radius 1 is 1.29 bits per heavy atom. The second-order valence-corrected chi connectivity index (χ2v) is 5.76. The van der Waals surface area contributed by atoms with E-state index in [2.05, 4.69) is 28.8 Å². The van der Waals surface area contributed by atoms with Crippen molar-refractivity contribution in [2.24, 2.45) is 0 Å². The number of H-pyrrole nitrogens is 1. The summed E-state index contributed by atoms with van der Waals surface area (Å²) in [5.41, 5.74) is 2.76. The lowest BCUT2D eigenvalue weighted by Gasteiger charge is -2.07. The van der Waals surface area contributed by atoms with Crippen molar-refractivity contribution in [1.82, 2.24) is 19.5 Å². The first kappa shape index (κ1) is 13.8.